The zero-order chi connectivity index (χ0) is 16.0. The van der Waals surface area contributed by atoms with Crippen LogP contribution in [0.15, 0.2) is 12.1 Å². The standard InChI is InChI=1S/C15H20BrCl2NO2/c1-15(2,3)21-14(20)19-6-4-5-10-7-13(18)11(9-16)8-12(10)17/h7-8H,4-6,9H2,1-3H3,(H,19,20). The van der Waals surface area contributed by atoms with Crippen molar-refractivity contribution in [2.24, 2.45) is 0 Å². The largest absolute Gasteiger partial charge is 0.444 e. The Bertz CT molecular complexity index is 501. The first-order valence-electron chi connectivity index (χ1n) is 6.72. The van der Waals surface area contributed by atoms with E-state index in [1.54, 1.807) is 0 Å². The number of hydrogen-bond donors (Lipinski definition) is 1. The van der Waals surface area contributed by atoms with Crippen LogP contribution in [0.4, 0.5) is 4.79 Å². The number of aryl methyl sites for hydroxylation is 1. The maximum atomic E-state index is 11.5. The van der Waals surface area contributed by atoms with Gasteiger partial charge in [0.1, 0.15) is 5.60 Å². The molecule has 21 heavy (non-hydrogen) atoms. The number of hydrogen-bond acceptors (Lipinski definition) is 2. The first-order chi connectivity index (χ1) is 9.73. The van der Waals surface area contributed by atoms with E-state index in [2.05, 4.69) is 21.2 Å². The van der Waals surface area contributed by atoms with Gasteiger partial charge in [-0.1, -0.05) is 39.1 Å². The lowest BCUT2D eigenvalue weighted by atomic mass is 10.1. The van der Waals surface area contributed by atoms with Crippen LogP contribution >= 0.6 is 39.1 Å². The molecule has 0 aliphatic heterocycles. The summed E-state index contributed by atoms with van der Waals surface area (Å²) in [6.07, 6.45) is 1.11. The number of nitrogens with one attached hydrogen (secondary N) is 1. The third-order valence-electron chi connectivity index (χ3n) is 2.65. The Hall–Kier alpha value is -0.450. The molecule has 0 unspecified atom stereocenters. The van der Waals surface area contributed by atoms with Crippen LogP contribution in [0.2, 0.25) is 10.0 Å². The summed E-state index contributed by atoms with van der Waals surface area (Å²) in [6.45, 7) is 6.03. The predicted octanol–water partition coefficient (Wildman–Crippen LogP) is 5.35. The Balaban J connectivity index is 2.43. The fraction of sp³-hybridized carbons (Fsp3) is 0.533. The summed E-state index contributed by atoms with van der Waals surface area (Å²) in [6, 6.07) is 3.75. The van der Waals surface area contributed by atoms with Gasteiger partial charge in [-0.25, -0.2) is 4.79 Å². The summed E-state index contributed by atoms with van der Waals surface area (Å²) < 4.78 is 5.16. The fourth-order valence-electron chi connectivity index (χ4n) is 1.71. The van der Waals surface area contributed by atoms with Crippen molar-refractivity contribution < 1.29 is 9.53 Å². The maximum absolute atomic E-state index is 11.5. The molecule has 118 valence electrons. The predicted molar refractivity (Wildman–Crippen MR) is 91.7 cm³/mol. The van der Waals surface area contributed by atoms with Gasteiger partial charge in [-0.15, -0.1) is 0 Å². The molecular weight excluding hydrogens is 377 g/mol. The van der Waals surface area contributed by atoms with E-state index in [-0.39, 0.29) is 0 Å². The Kier molecular flexibility index (Phi) is 7.31. The summed E-state index contributed by atoms with van der Waals surface area (Å²) in [5.74, 6) is 0. The number of ether oxygens (including phenoxy) is 1. The smallest absolute Gasteiger partial charge is 0.407 e. The number of benzene rings is 1. The van der Waals surface area contributed by atoms with Crippen molar-refractivity contribution >= 4 is 45.2 Å². The zero-order valence-corrected chi connectivity index (χ0v) is 15.5. The van der Waals surface area contributed by atoms with Crippen molar-refractivity contribution in [3.63, 3.8) is 0 Å². The Morgan fingerprint density at radius 2 is 1.81 bits per heavy atom. The molecule has 0 saturated carbocycles. The minimum Gasteiger partial charge on any atom is -0.444 e. The number of carbonyl (C=O) groups excluding carboxylic acids is 1. The quantitative estimate of drug-likeness (QED) is 0.538. The van der Waals surface area contributed by atoms with Crippen LogP contribution in [0.1, 0.15) is 38.3 Å². The van der Waals surface area contributed by atoms with Crippen LogP contribution in [0.25, 0.3) is 0 Å². The SMILES string of the molecule is CC(C)(C)OC(=O)NCCCc1cc(Cl)c(CBr)cc1Cl. The summed E-state index contributed by atoms with van der Waals surface area (Å²) in [5, 5.41) is 4.79. The van der Waals surface area contributed by atoms with E-state index < -0.39 is 11.7 Å². The van der Waals surface area contributed by atoms with Crippen molar-refractivity contribution in [3.8, 4) is 0 Å². The van der Waals surface area contributed by atoms with Gasteiger partial charge in [0.2, 0.25) is 0 Å². The molecule has 1 aromatic carbocycles. The number of alkyl carbamates (subject to hydrolysis) is 1. The van der Waals surface area contributed by atoms with Gasteiger partial charge in [-0.2, -0.15) is 0 Å². The lowest BCUT2D eigenvalue weighted by molar-refractivity contribution is 0.0527. The lowest BCUT2D eigenvalue weighted by Crippen LogP contribution is -2.33. The Morgan fingerprint density at radius 3 is 2.38 bits per heavy atom. The second-order valence-electron chi connectivity index (χ2n) is 5.70. The van der Waals surface area contributed by atoms with Crippen molar-refractivity contribution in [2.45, 2.75) is 44.5 Å². The van der Waals surface area contributed by atoms with E-state index in [9.17, 15) is 4.79 Å². The Labute approximate surface area is 144 Å². The van der Waals surface area contributed by atoms with Gasteiger partial charge in [0, 0.05) is 21.9 Å². The van der Waals surface area contributed by atoms with E-state index in [1.807, 2.05) is 32.9 Å². The van der Waals surface area contributed by atoms with Crippen molar-refractivity contribution in [2.75, 3.05) is 6.54 Å². The second kappa shape index (κ2) is 8.25. The maximum Gasteiger partial charge on any atom is 0.407 e. The topological polar surface area (TPSA) is 38.3 Å². The molecule has 0 spiro atoms. The third-order valence-corrected chi connectivity index (χ3v) is 3.96. The monoisotopic (exact) mass is 395 g/mol. The minimum atomic E-state index is -0.480. The van der Waals surface area contributed by atoms with Gasteiger partial charge < -0.3 is 10.1 Å². The molecule has 3 nitrogen and oxygen atoms in total. The molecule has 1 aromatic rings. The molecule has 1 amide bonds. The van der Waals surface area contributed by atoms with Crippen LogP contribution in [0.5, 0.6) is 0 Å². The fourth-order valence-corrected chi connectivity index (χ4v) is 2.87. The minimum absolute atomic E-state index is 0.402. The highest BCUT2D eigenvalue weighted by atomic mass is 79.9. The molecule has 0 aliphatic rings. The molecule has 6 heteroatoms. The average Bonchev–Trinajstić information content (AvgIpc) is 2.35. The number of amides is 1. The highest BCUT2D eigenvalue weighted by molar-refractivity contribution is 9.08. The number of carbonyl (C=O) groups is 1. The van der Waals surface area contributed by atoms with E-state index in [0.717, 1.165) is 24.0 Å². The van der Waals surface area contributed by atoms with E-state index in [1.165, 1.54) is 0 Å². The second-order valence-corrected chi connectivity index (χ2v) is 7.08. The first kappa shape index (κ1) is 18.6. The van der Waals surface area contributed by atoms with Gasteiger partial charge in [-0.05, 0) is 56.9 Å². The normalized spacial score (nSPS) is 11.3. The number of rotatable bonds is 5. The molecule has 0 aliphatic carbocycles. The van der Waals surface area contributed by atoms with Gasteiger partial charge in [-0.3, -0.25) is 0 Å². The summed E-state index contributed by atoms with van der Waals surface area (Å²) in [7, 11) is 0. The van der Waals surface area contributed by atoms with Gasteiger partial charge in [0.25, 0.3) is 0 Å². The van der Waals surface area contributed by atoms with Gasteiger partial charge in [0.05, 0.1) is 0 Å². The highest BCUT2D eigenvalue weighted by Gasteiger charge is 2.15. The van der Waals surface area contributed by atoms with Crippen LogP contribution in [0, 0.1) is 0 Å². The van der Waals surface area contributed by atoms with E-state index >= 15 is 0 Å². The molecule has 0 atom stereocenters. The molecule has 0 saturated heterocycles. The van der Waals surface area contributed by atoms with Crippen LogP contribution < -0.4 is 5.32 Å². The van der Waals surface area contributed by atoms with Crippen LogP contribution in [-0.4, -0.2) is 18.2 Å². The van der Waals surface area contributed by atoms with Crippen LogP contribution in [0.3, 0.4) is 0 Å². The van der Waals surface area contributed by atoms with Crippen LogP contribution in [-0.2, 0) is 16.5 Å². The van der Waals surface area contributed by atoms with Gasteiger partial charge in [0.15, 0.2) is 0 Å². The molecule has 0 fully saturated rings. The van der Waals surface area contributed by atoms with Crippen molar-refractivity contribution in [1.82, 2.24) is 5.32 Å². The van der Waals surface area contributed by atoms with Crippen molar-refractivity contribution in [1.29, 1.82) is 0 Å². The molecule has 1 rings (SSSR count). The first-order valence-corrected chi connectivity index (χ1v) is 8.60. The summed E-state index contributed by atoms with van der Waals surface area (Å²) in [4.78, 5) is 11.5. The van der Waals surface area contributed by atoms with E-state index in [4.69, 9.17) is 27.9 Å². The summed E-state index contributed by atoms with van der Waals surface area (Å²) in [5.41, 5.74) is 1.47. The third kappa shape index (κ3) is 6.90. The molecule has 0 radical (unpaired) electrons. The molecular formula is C15H20BrCl2NO2. The molecule has 1 N–H and O–H groups in total. The lowest BCUT2D eigenvalue weighted by Gasteiger charge is -2.19. The number of alkyl halides is 1. The highest BCUT2D eigenvalue weighted by Crippen LogP contribution is 2.27. The molecule has 0 bridgehead atoms. The number of halogens is 3. The average molecular weight is 397 g/mol. The molecule has 0 heterocycles. The zero-order valence-electron chi connectivity index (χ0n) is 12.4. The summed E-state index contributed by atoms with van der Waals surface area (Å²) >= 11 is 15.7. The molecule has 0 aromatic heterocycles. The Morgan fingerprint density at radius 1 is 1.24 bits per heavy atom. The van der Waals surface area contributed by atoms with Gasteiger partial charge >= 0.3 is 6.09 Å². The van der Waals surface area contributed by atoms with Crippen molar-refractivity contribution in [3.05, 3.63) is 33.3 Å². The van der Waals surface area contributed by atoms with E-state index in [0.29, 0.717) is 21.9 Å².